The van der Waals surface area contributed by atoms with E-state index in [0.717, 1.165) is 5.56 Å². The molecule has 18 heavy (non-hydrogen) atoms. The largest absolute Gasteiger partial charge is 0.380 e. The second kappa shape index (κ2) is 6.13. The highest BCUT2D eigenvalue weighted by Crippen LogP contribution is 2.29. The van der Waals surface area contributed by atoms with E-state index in [4.69, 9.17) is 23.2 Å². The Hall–Kier alpha value is -0.450. The van der Waals surface area contributed by atoms with Gasteiger partial charge in [0.1, 0.15) is 0 Å². The van der Waals surface area contributed by atoms with E-state index in [-0.39, 0.29) is 17.5 Å². The lowest BCUT2D eigenvalue weighted by Crippen LogP contribution is -2.26. The van der Waals surface area contributed by atoms with Crippen molar-refractivity contribution in [3.05, 3.63) is 27.7 Å². The van der Waals surface area contributed by atoms with Crippen LogP contribution in [-0.4, -0.2) is 26.0 Å². The number of sulfone groups is 1. The Morgan fingerprint density at radius 2 is 1.89 bits per heavy atom. The molecule has 0 aromatic heterocycles. The van der Waals surface area contributed by atoms with E-state index >= 15 is 0 Å². The minimum absolute atomic E-state index is 0.0747. The number of hydrogen-bond donors (Lipinski definition) is 1. The summed E-state index contributed by atoms with van der Waals surface area (Å²) in [6.07, 6.45) is 0. The molecule has 1 rings (SSSR count). The summed E-state index contributed by atoms with van der Waals surface area (Å²) in [6.45, 7) is 5.30. The highest BCUT2D eigenvalue weighted by molar-refractivity contribution is 7.91. The normalized spacial score (nSPS) is 13.4. The number of anilines is 1. The third-order valence-electron chi connectivity index (χ3n) is 2.59. The Morgan fingerprint density at radius 3 is 2.44 bits per heavy atom. The fourth-order valence-electron chi connectivity index (χ4n) is 1.56. The molecule has 0 heterocycles. The van der Waals surface area contributed by atoms with Crippen LogP contribution in [0.15, 0.2) is 12.1 Å². The minimum Gasteiger partial charge on any atom is -0.380 e. The lowest BCUT2D eigenvalue weighted by Gasteiger charge is -2.17. The summed E-state index contributed by atoms with van der Waals surface area (Å²) in [5.41, 5.74) is 1.55. The Bertz CT molecular complexity index is 529. The van der Waals surface area contributed by atoms with Crippen LogP contribution in [0.2, 0.25) is 10.0 Å². The van der Waals surface area contributed by atoms with Crippen molar-refractivity contribution in [3.8, 4) is 0 Å². The second-order valence-electron chi connectivity index (χ2n) is 4.33. The molecular weight excluding hydrogens is 293 g/mol. The molecule has 0 aliphatic heterocycles. The van der Waals surface area contributed by atoms with Gasteiger partial charge in [0, 0.05) is 16.8 Å². The Kier molecular flexibility index (Phi) is 5.32. The first kappa shape index (κ1) is 15.6. The highest BCUT2D eigenvalue weighted by atomic mass is 35.5. The average molecular weight is 310 g/mol. The first-order valence-corrected chi connectivity index (χ1v) is 8.25. The maximum atomic E-state index is 11.5. The molecule has 102 valence electrons. The molecule has 0 saturated heterocycles. The summed E-state index contributed by atoms with van der Waals surface area (Å²) in [6, 6.07) is 3.26. The molecule has 6 heteroatoms. The highest BCUT2D eigenvalue weighted by Gasteiger charge is 2.15. The molecule has 0 spiro atoms. The van der Waals surface area contributed by atoms with Gasteiger partial charge >= 0.3 is 0 Å². The van der Waals surface area contributed by atoms with E-state index in [0.29, 0.717) is 15.7 Å². The number of benzene rings is 1. The molecule has 0 fully saturated rings. The van der Waals surface area contributed by atoms with E-state index in [1.807, 2.05) is 6.92 Å². The molecule has 1 aromatic carbocycles. The van der Waals surface area contributed by atoms with Gasteiger partial charge in [-0.05, 0) is 31.5 Å². The van der Waals surface area contributed by atoms with Crippen molar-refractivity contribution in [2.45, 2.75) is 26.8 Å². The molecule has 0 amide bonds. The van der Waals surface area contributed by atoms with Crippen LogP contribution >= 0.6 is 23.2 Å². The molecular formula is C12H17Cl2NO2S. The molecule has 0 bridgehead atoms. The van der Waals surface area contributed by atoms with Crippen molar-refractivity contribution in [2.75, 3.05) is 16.8 Å². The zero-order valence-corrected chi connectivity index (χ0v) is 13.0. The van der Waals surface area contributed by atoms with Gasteiger partial charge in [0.25, 0.3) is 0 Å². The summed E-state index contributed by atoms with van der Waals surface area (Å²) < 4.78 is 23.0. The summed E-state index contributed by atoms with van der Waals surface area (Å²) in [5, 5.41) is 4.22. The summed E-state index contributed by atoms with van der Waals surface area (Å²) in [5.74, 6) is 0.215. The zero-order chi connectivity index (χ0) is 13.9. The summed E-state index contributed by atoms with van der Waals surface area (Å²) >= 11 is 12.1. The Labute approximate surface area is 118 Å². The van der Waals surface area contributed by atoms with E-state index < -0.39 is 9.84 Å². The smallest absolute Gasteiger partial charge is 0.152 e. The monoisotopic (exact) mass is 309 g/mol. The average Bonchev–Trinajstić information content (AvgIpc) is 2.25. The Balaban J connectivity index is 2.82. The molecule has 1 unspecified atom stereocenters. The van der Waals surface area contributed by atoms with E-state index in [1.54, 1.807) is 26.0 Å². The van der Waals surface area contributed by atoms with Gasteiger partial charge in [-0.15, -0.1) is 0 Å². The van der Waals surface area contributed by atoms with E-state index in [1.165, 1.54) is 0 Å². The quantitative estimate of drug-likeness (QED) is 0.905. The second-order valence-corrected chi connectivity index (χ2v) is 7.54. The van der Waals surface area contributed by atoms with Gasteiger partial charge in [0.2, 0.25) is 0 Å². The number of aryl methyl sites for hydroxylation is 1. The summed E-state index contributed by atoms with van der Waals surface area (Å²) in [7, 11) is -3.01. The van der Waals surface area contributed by atoms with Crippen molar-refractivity contribution >= 4 is 38.7 Å². The third kappa shape index (κ3) is 4.34. The number of halogens is 2. The number of nitrogens with one attached hydrogen (secondary N) is 1. The SMILES string of the molecule is CCS(=O)(=O)CC(C)Nc1cc(Cl)c(C)cc1Cl. The first-order valence-electron chi connectivity index (χ1n) is 5.67. The van der Waals surface area contributed by atoms with Gasteiger partial charge in [-0.2, -0.15) is 0 Å². The van der Waals surface area contributed by atoms with Gasteiger partial charge in [0.15, 0.2) is 9.84 Å². The maximum Gasteiger partial charge on any atom is 0.152 e. The first-order chi connectivity index (χ1) is 8.25. The molecule has 0 aliphatic carbocycles. The van der Waals surface area contributed by atoms with Gasteiger partial charge in [-0.3, -0.25) is 0 Å². The lowest BCUT2D eigenvalue weighted by atomic mass is 10.2. The Morgan fingerprint density at radius 1 is 1.28 bits per heavy atom. The molecule has 1 N–H and O–H groups in total. The van der Waals surface area contributed by atoms with Crippen molar-refractivity contribution in [3.63, 3.8) is 0 Å². The minimum atomic E-state index is -3.01. The topological polar surface area (TPSA) is 46.2 Å². The van der Waals surface area contributed by atoms with Crippen molar-refractivity contribution < 1.29 is 8.42 Å². The molecule has 1 aromatic rings. The van der Waals surface area contributed by atoms with Crippen LogP contribution in [-0.2, 0) is 9.84 Å². The third-order valence-corrected chi connectivity index (χ3v) is 5.20. The van der Waals surface area contributed by atoms with Crippen molar-refractivity contribution in [2.24, 2.45) is 0 Å². The molecule has 0 saturated carbocycles. The van der Waals surface area contributed by atoms with Crippen molar-refractivity contribution in [1.29, 1.82) is 0 Å². The van der Waals surface area contributed by atoms with Crippen LogP contribution < -0.4 is 5.32 Å². The van der Waals surface area contributed by atoms with Crippen LogP contribution in [0.3, 0.4) is 0 Å². The van der Waals surface area contributed by atoms with Gasteiger partial charge in [-0.25, -0.2) is 8.42 Å². The van der Waals surface area contributed by atoms with Crippen LogP contribution in [0.25, 0.3) is 0 Å². The van der Waals surface area contributed by atoms with Crippen LogP contribution in [0.4, 0.5) is 5.69 Å². The van der Waals surface area contributed by atoms with E-state index in [9.17, 15) is 8.42 Å². The molecule has 0 aliphatic rings. The van der Waals surface area contributed by atoms with Crippen LogP contribution in [0.5, 0.6) is 0 Å². The molecule has 0 radical (unpaired) electrons. The van der Waals surface area contributed by atoms with Crippen molar-refractivity contribution in [1.82, 2.24) is 0 Å². The van der Waals surface area contributed by atoms with Gasteiger partial charge < -0.3 is 5.32 Å². The predicted octanol–water partition coefficient (Wildman–Crippen LogP) is 3.54. The zero-order valence-electron chi connectivity index (χ0n) is 10.6. The fraction of sp³-hybridized carbons (Fsp3) is 0.500. The van der Waals surface area contributed by atoms with E-state index in [2.05, 4.69) is 5.32 Å². The maximum absolute atomic E-state index is 11.5. The van der Waals surface area contributed by atoms with Gasteiger partial charge in [0.05, 0.1) is 16.5 Å². The van der Waals surface area contributed by atoms with Crippen LogP contribution in [0, 0.1) is 6.92 Å². The summed E-state index contributed by atoms with van der Waals surface area (Å²) in [4.78, 5) is 0. The molecule has 3 nitrogen and oxygen atoms in total. The predicted molar refractivity (Wildman–Crippen MR) is 78.6 cm³/mol. The molecule has 1 atom stereocenters. The van der Waals surface area contributed by atoms with Crippen LogP contribution in [0.1, 0.15) is 19.4 Å². The number of rotatable bonds is 5. The standard InChI is InChI=1S/C12H17Cl2NO2S/c1-4-18(16,17)7-9(3)15-12-6-10(13)8(2)5-11(12)14/h5-6,9,15H,4,7H2,1-3H3. The fourth-order valence-corrected chi connectivity index (χ4v) is 3.08. The van der Waals surface area contributed by atoms with Gasteiger partial charge in [-0.1, -0.05) is 30.1 Å². The lowest BCUT2D eigenvalue weighted by molar-refractivity contribution is 0.593. The number of hydrogen-bond acceptors (Lipinski definition) is 3.